The second-order valence-electron chi connectivity index (χ2n) is 7.80. The number of methoxy groups -OCH3 is 1. The average Bonchev–Trinajstić information content (AvgIpc) is 3.34. The summed E-state index contributed by atoms with van der Waals surface area (Å²) in [6.07, 6.45) is 1.60. The number of carbonyl (C=O) groups is 3. The Hall–Kier alpha value is -4.84. The van der Waals surface area contributed by atoms with Gasteiger partial charge in [0.05, 0.1) is 7.11 Å². The van der Waals surface area contributed by atoms with E-state index in [9.17, 15) is 19.5 Å². The normalized spacial score (nSPS) is 15.8. The summed E-state index contributed by atoms with van der Waals surface area (Å²) in [6.45, 7) is 0.707. The molecular formula is C26H22N4O5. The highest BCUT2D eigenvalue weighted by molar-refractivity contribution is 6.05. The van der Waals surface area contributed by atoms with Crippen molar-refractivity contribution >= 4 is 17.8 Å². The Bertz CT molecular complexity index is 1360. The molecule has 0 bridgehead atoms. The van der Waals surface area contributed by atoms with Crippen molar-refractivity contribution in [3.05, 3.63) is 77.5 Å². The van der Waals surface area contributed by atoms with Gasteiger partial charge in [0.1, 0.15) is 17.2 Å². The number of benzene rings is 2. The topological polar surface area (TPSA) is 121 Å². The molecule has 2 aromatic carbocycles. The predicted octanol–water partition coefficient (Wildman–Crippen LogP) is 2.29. The summed E-state index contributed by atoms with van der Waals surface area (Å²) in [5.74, 6) is 5.98. The Morgan fingerprint density at radius 3 is 2.54 bits per heavy atom. The van der Waals surface area contributed by atoms with Gasteiger partial charge in [0, 0.05) is 36.5 Å². The van der Waals surface area contributed by atoms with E-state index in [1.807, 2.05) is 12.1 Å². The zero-order valence-corrected chi connectivity index (χ0v) is 19.0. The Morgan fingerprint density at radius 1 is 1.11 bits per heavy atom. The molecule has 2 aliphatic heterocycles. The fourth-order valence-electron chi connectivity index (χ4n) is 3.56. The number of hydrogen-bond donors (Lipinski definition) is 3. The number of fused-ring (bicyclic) bond motifs is 1. The first-order valence-electron chi connectivity index (χ1n) is 10.7. The average molecular weight is 470 g/mol. The van der Waals surface area contributed by atoms with Crippen molar-refractivity contribution in [3.8, 4) is 34.6 Å². The molecule has 1 aromatic heterocycles. The van der Waals surface area contributed by atoms with Crippen LogP contribution in [-0.2, 0) is 11.3 Å². The monoisotopic (exact) mass is 470 g/mol. The number of nitrogens with zero attached hydrogens (tertiary/aromatic N) is 2. The molecule has 5 rings (SSSR count). The fraction of sp³-hybridized carbons (Fsp3) is 0.154. The third-order valence-electron chi connectivity index (χ3n) is 5.38. The van der Waals surface area contributed by atoms with Crippen LogP contribution in [-0.4, -0.2) is 53.0 Å². The molecule has 3 aromatic rings. The van der Waals surface area contributed by atoms with E-state index in [0.29, 0.717) is 17.8 Å². The van der Waals surface area contributed by atoms with Crippen molar-refractivity contribution in [3.63, 3.8) is 0 Å². The van der Waals surface area contributed by atoms with Crippen molar-refractivity contribution in [1.82, 2.24) is 20.5 Å². The van der Waals surface area contributed by atoms with Gasteiger partial charge in [-0.05, 0) is 42.0 Å². The van der Waals surface area contributed by atoms with Crippen LogP contribution in [0.3, 0.4) is 0 Å². The third-order valence-corrected chi connectivity index (χ3v) is 5.38. The van der Waals surface area contributed by atoms with Gasteiger partial charge in [0.15, 0.2) is 6.04 Å². The van der Waals surface area contributed by atoms with Crippen molar-refractivity contribution in [2.24, 2.45) is 0 Å². The fourth-order valence-corrected chi connectivity index (χ4v) is 3.56. The van der Waals surface area contributed by atoms with Crippen molar-refractivity contribution in [2.75, 3.05) is 14.2 Å². The lowest BCUT2D eigenvalue weighted by molar-refractivity contribution is -0.119. The Morgan fingerprint density at radius 2 is 1.89 bits per heavy atom. The van der Waals surface area contributed by atoms with Gasteiger partial charge >= 0.3 is 6.03 Å². The molecule has 0 radical (unpaired) electrons. The summed E-state index contributed by atoms with van der Waals surface area (Å²) < 4.78 is 5.05. The molecule has 35 heavy (non-hydrogen) atoms. The quantitative estimate of drug-likeness (QED) is 0.390. The summed E-state index contributed by atoms with van der Waals surface area (Å²) in [5, 5.41) is 14.3. The molecule has 0 saturated carbocycles. The maximum Gasteiger partial charge on any atom is 0.322 e. The number of aromatic nitrogens is 1. The molecule has 1 unspecified atom stereocenters. The Kier molecular flexibility index (Phi) is 6.64. The first kappa shape index (κ1) is 23.3. The van der Waals surface area contributed by atoms with E-state index in [1.54, 1.807) is 67.7 Å². The van der Waals surface area contributed by atoms with Crippen LogP contribution in [0.4, 0.5) is 4.79 Å². The van der Waals surface area contributed by atoms with Crippen LogP contribution in [0.5, 0.6) is 11.5 Å². The summed E-state index contributed by atoms with van der Waals surface area (Å²) in [7, 11) is 3.40. The standard InChI is InChI=1S/C16H11N3O3.C10H11NO2/c20-13-2-1-9-17-14(13)11-6-3-10(4-7-11)5-8-12-15(21)19-16(22)18-12;1-11-6-7-3-4-8(13-2)5-9(7)10(11)12/h1-4,6-7,9,12,20H,(H2,18,19,21,22);3-5H,6H2,1-2H3. The lowest BCUT2D eigenvalue weighted by atomic mass is 10.1. The number of hydrogen-bond acceptors (Lipinski definition) is 6. The van der Waals surface area contributed by atoms with Gasteiger partial charge in [-0.3, -0.25) is 19.9 Å². The van der Waals surface area contributed by atoms with E-state index >= 15 is 0 Å². The number of pyridine rings is 1. The predicted molar refractivity (Wildman–Crippen MR) is 127 cm³/mol. The summed E-state index contributed by atoms with van der Waals surface area (Å²) in [4.78, 5) is 39.7. The molecule has 9 nitrogen and oxygen atoms in total. The van der Waals surface area contributed by atoms with E-state index in [1.165, 1.54) is 0 Å². The van der Waals surface area contributed by atoms with Crippen LogP contribution < -0.4 is 15.4 Å². The van der Waals surface area contributed by atoms with Crippen molar-refractivity contribution in [1.29, 1.82) is 0 Å². The molecule has 9 heteroatoms. The molecule has 4 amide bonds. The first-order valence-corrected chi connectivity index (χ1v) is 10.7. The summed E-state index contributed by atoms with van der Waals surface area (Å²) in [5.41, 5.74) is 3.78. The second kappa shape index (κ2) is 9.97. The van der Waals surface area contributed by atoms with Gasteiger partial charge in [-0.15, -0.1) is 0 Å². The van der Waals surface area contributed by atoms with Gasteiger partial charge in [-0.1, -0.05) is 30.0 Å². The van der Waals surface area contributed by atoms with Crippen LogP contribution in [0.15, 0.2) is 60.8 Å². The number of rotatable bonds is 2. The second-order valence-corrected chi connectivity index (χ2v) is 7.80. The van der Waals surface area contributed by atoms with Gasteiger partial charge < -0.3 is 20.1 Å². The molecule has 1 atom stereocenters. The zero-order valence-electron chi connectivity index (χ0n) is 19.0. The number of nitrogens with one attached hydrogen (secondary N) is 2. The van der Waals surface area contributed by atoms with Gasteiger partial charge in [-0.25, -0.2) is 4.79 Å². The highest BCUT2D eigenvalue weighted by Crippen LogP contribution is 2.26. The van der Waals surface area contributed by atoms with Crippen LogP contribution >= 0.6 is 0 Å². The van der Waals surface area contributed by atoms with E-state index in [-0.39, 0.29) is 11.7 Å². The number of urea groups is 1. The Balaban J connectivity index is 0.000000189. The number of ether oxygens (including phenoxy) is 1. The highest BCUT2D eigenvalue weighted by Gasteiger charge is 2.27. The molecule has 3 N–H and O–H groups in total. The van der Waals surface area contributed by atoms with Crippen LogP contribution in [0.1, 0.15) is 21.5 Å². The number of amides is 4. The molecule has 1 saturated heterocycles. The van der Waals surface area contributed by atoms with Crippen LogP contribution in [0.2, 0.25) is 0 Å². The molecule has 176 valence electrons. The van der Waals surface area contributed by atoms with Crippen molar-refractivity contribution in [2.45, 2.75) is 12.6 Å². The van der Waals surface area contributed by atoms with Crippen LogP contribution in [0, 0.1) is 11.8 Å². The Labute approximate surface area is 201 Å². The summed E-state index contributed by atoms with van der Waals surface area (Å²) >= 11 is 0. The van der Waals surface area contributed by atoms with Crippen molar-refractivity contribution < 1.29 is 24.2 Å². The van der Waals surface area contributed by atoms with Gasteiger partial charge in [-0.2, -0.15) is 0 Å². The number of carbonyl (C=O) groups excluding carboxylic acids is 3. The maximum atomic E-state index is 11.5. The number of aromatic hydroxyl groups is 1. The molecule has 3 heterocycles. The minimum atomic E-state index is -0.827. The smallest absolute Gasteiger partial charge is 0.322 e. The van der Waals surface area contributed by atoms with E-state index < -0.39 is 18.0 Å². The maximum absolute atomic E-state index is 11.5. The van der Waals surface area contributed by atoms with E-state index in [0.717, 1.165) is 22.4 Å². The van der Waals surface area contributed by atoms with Crippen LogP contribution in [0.25, 0.3) is 11.3 Å². The molecule has 0 aliphatic carbocycles. The van der Waals surface area contributed by atoms with Gasteiger partial charge in [0.2, 0.25) is 0 Å². The molecule has 1 fully saturated rings. The molecular weight excluding hydrogens is 448 g/mol. The third kappa shape index (κ3) is 5.23. The minimum Gasteiger partial charge on any atom is -0.506 e. The SMILES string of the molecule is COc1ccc2c(c1)C(=O)N(C)C2.O=C1NC(=O)C(C#Cc2ccc(-c3ncccc3O)cc2)N1. The van der Waals surface area contributed by atoms with E-state index in [4.69, 9.17) is 4.74 Å². The molecule has 0 spiro atoms. The lowest BCUT2D eigenvalue weighted by Gasteiger charge is -2.04. The highest BCUT2D eigenvalue weighted by atomic mass is 16.5. The minimum absolute atomic E-state index is 0.0777. The largest absolute Gasteiger partial charge is 0.506 e. The number of imide groups is 1. The van der Waals surface area contributed by atoms with Gasteiger partial charge in [0.25, 0.3) is 11.8 Å². The first-order chi connectivity index (χ1) is 16.9. The van der Waals surface area contributed by atoms with E-state index in [2.05, 4.69) is 27.5 Å². The zero-order chi connectivity index (χ0) is 24.9. The lowest BCUT2D eigenvalue weighted by Crippen LogP contribution is -2.26. The summed E-state index contributed by atoms with van der Waals surface area (Å²) in [6, 6.07) is 14.5. The molecule has 2 aliphatic rings.